The molecule has 0 radical (unpaired) electrons. The third-order valence-electron chi connectivity index (χ3n) is 13.8. The Balaban J connectivity index is 0.000000601. The zero-order valence-corrected chi connectivity index (χ0v) is 59.0. The van der Waals surface area contributed by atoms with Crippen LogP contribution in [0.2, 0.25) is 0 Å². The summed E-state index contributed by atoms with van der Waals surface area (Å²) in [6, 6.07) is 37.0. The number of nitro groups is 6. The fourth-order valence-corrected chi connectivity index (χ4v) is 7.76. The second-order valence-corrected chi connectivity index (χ2v) is 22.6. The minimum absolute atomic E-state index is 0.0797. The van der Waals surface area contributed by atoms with Gasteiger partial charge in [0.05, 0.1) is 52.8 Å². The molecule has 0 aliphatic carbocycles. The third-order valence-corrected chi connectivity index (χ3v) is 13.8. The highest BCUT2D eigenvalue weighted by Gasteiger charge is 2.34. The van der Waals surface area contributed by atoms with Gasteiger partial charge in [0.2, 0.25) is 17.5 Å². The smallest absolute Gasteiger partial charge is 0.258 e. The lowest BCUT2D eigenvalue weighted by atomic mass is 10.1. The highest BCUT2D eigenvalue weighted by molar-refractivity contribution is 5.42. The van der Waals surface area contributed by atoms with Crippen LogP contribution in [0.4, 0.5) is 104 Å². The molecule has 0 fully saturated rings. The van der Waals surface area contributed by atoms with Crippen molar-refractivity contribution < 1.29 is 99.8 Å². The molecular weight excluding hydrogens is 1470 g/mol. The van der Waals surface area contributed by atoms with Crippen molar-refractivity contribution in [2.75, 3.05) is 0 Å². The maximum atomic E-state index is 12.7. The number of rotatable bonds is 6. The van der Waals surface area contributed by atoms with Gasteiger partial charge in [-0.15, -0.1) is 0 Å². The summed E-state index contributed by atoms with van der Waals surface area (Å²) in [5.41, 5.74) is 3.81. The lowest BCUT2D eigenvalue weighted by Crippen LogP contribution is -2.08. The minimum Gasteiger partial charge on any atom is -0.258 e. The Morgan fingerprint density at radius 3 is 1.06 bits per heavy atom. The fourth-order valence-electron chi connectivity index (χ4n) is 7.76. The van der Waals surface area contributed by atoms with E-state index in [9.17, 15) is 131 Å². The molecule has 34 heteroatoms. The molecule has 0 unspecified atom stereocenters. The Morgan fingerprint density at radius 1 is 0.250 bits per heavy atom. The van der Waals surface area contributed by atoms with Gasteiger partial charge >= 0.3 is 29.4 Å². The summed E-state index contributed by atoms with van der Waals surface area (Å²) in [4.78, 5) is 56.9. The first-order valence-electron chi connectivity index (χ1n) is 30.4. The van der Waals surface area contributed by atoms with E-state index in [1.807, 2.05) is 27.7 Å². The molecule has 0 bridgehead atoms. The standard InChI is InChI=1S/2C8H6F4.2C8H9F.6C7H6FNO2/c1-5-2-6(8(10,11)12)4-7(9)3-5;1-5-2-3-7(9)6(4-5)8(10,11)12;2*1-6-3-4-8(9)5-7(6)2;1-5-4-6(9(10)11)2-3-7(5)8;1-5-2-3-6(9(10)11)4-7(5)8;1-5-2-3-6(8)4-7(5)9(10)11;1-5-2-3-7(9(10)11)6(8)4-5;1-5-2-3-6(8)7(4-5)9(10)11;1-5-3-2-4-6(8)7(5)9(10)11/h2*2-4H,1H3;2*3-5H,1-2H3;6*2-4H,1H3. The van der Waals surface area contributed by atoms with Crippen LogP contribution in [0, 0.1) is 202 Å². The first-order chi connectivity index (χ1) is 49.9. The SMILES string of the molecule is Cc1cc(F)cc(C(F)(F)F)c1.Cc1cc([N+](=O)[O-])ccc1F.Cc1ccc(F)c(C(F)(F)F)c1.Cc1ccc(F)c([N+](=O)[O-])c1.Cc1ccc(F)cc1C.Cc1ccc(F)cc1C.Cc1ccc(F)cc1[N+](=O)[O-].Cc1ccc([N+](=O)[O-])c(F)c1.Cc1ccc([N+](=O)[O-])cc1F.Cc1cccc(F)c1[N+](=O)[O-]. The zero-order valence-electron chi connectivity index (χ0n) is 59.0. The summed E-state index contributed by atoms with van der Waals surface area (Å²) >= 11 is 0. The van der Waals surface area contributed by atoms with Gasteiger partial charge in [-0.25, -0.2) is 30.7 Å². The molecule has 0 N–H and O–H groups in total. The van der Waals surface area contributed by atoms with Crippen LogP contribution in [0.3, 0.4) is 0 Å². The van der Waals surface area contributed by atoms with Crippen molar-refractivity contribution in [3.05, 3.63) is 379 Å². The van der Waals surface area contributed by atoms with E-state index in [2.05, 4.69) is 0 Å². The Morgan fingerprint density at radius 2 is 0.685 bits per heavy atom. The number of nitrogens with zero attached hydrogens (tertiary/aromatic N) is 6. The number of benzene rings is 10. The van der Waals surface area contributed by atoms with Crippen LogP contribution in [-0.4, -0.2) is 29.5 Å². The molecule has 0 aromatic heterocycles. The Hall–Kier alpha value is -12.5. The molecule has 0 spiro atoms. The van der Waals surface area contributed by atoms with E-state index in [4.69, 9.17) is 0 Å². The van der Waals surface area contributed by atoms with Gasteiger partial charge in [0.1, 0.15) is 40.7 Å². The number of hydrogen-bond acceptors (Lipinski definition) is 12. The first-order valence-corrected chi connectivity index (χ1v) is 30.4. The van der Waals surface area contributed by atoms with Crippen LogP contribution in [0.25, 0.3) is 0 Å². The summed E-state index contributed by atoms with van der Waals surface area (Å²) in [7, 11) is 0. The van der Waals surface area contributed by atoms with Gasteiger partial charge < -0.3 is 0 Å². The average molecular weight is 1540 g/mol. The van der Waals surface area contributed by atoms with Crippen molar-refractivity contribution in [1.82, 2.24) is 0 Å². The second kappa shape index (κ2) is 43.7. The molecule has 10 aromatic rings. The van der Waals surface area contributed by atoms with E-state index in [0.717, 1.165) is 95.1 Å². The van der Waals surface area contributed by atoms with E-state index in [0.29, 0.717) is 45.0 Å². The van der Waals surface area contributed by atoms with Crippen molar-refractivity contribution in [2.45, 2.75) is 95.4 Å². The number of halogens is 16. The van der Waals surface area contributed by atoms with E-state index >= 15 is 0 Å². The average Bonchev–Trinajstić information content (AvgIpc) is 0.838. The molecule has 0 atom stereocenters. The van der Waals surface area contributed by atoms with E-state index in [-0.39, 0.29) is 34.3 Å². The van der Waals surface area contributed by atoms with Crippen molar-refractivity contribution in [1.29, 1.82) is 0 Å². The molecule has 0 aliphatic rings. The van der Waals surface area contributed by atoms with Gasteiger partial charge in [0, 0.05) is 41.5 Å². The topological polar surface area (TPSA) is 259 Å². The van der Waals surface area contributed by atoms with Gasteiger partial charge in [0.15, 0.2) is 0 Å². The van der Waals surface area contributed by atoms with Crippen LogP contribution in [0.1, 0.15) is 77.9 Å². The number of hydrogen-bond donors (Lipinski definition) is 0. The van der Waals surface area contributed by atoms with Crippen molar-refractivity contribution in [3.63, 3.8) is 0 Å². The number of non-ortho nitro benzene ring substituents is 2. The van der Waals surface area contributed by atoms with Crippen LogP contribution in [0.15, 0.2) is 182 Å². The summed E-state index contributed by atoms with van der Waals surface area (Å²) in [6.07, 6.45) is -9.07. The Kier molecular flexibility index (Phi) is 37.8. The molecule has 0 aliphatic heterocycles. The van der Waals surface area contributed by atoms with E-state index in [1.165, 1.54) is 119 Å². The molecular formula is C74H66F16N6O12. The molecule has 0 saturated heterocycles. The molecule has 10 aromatic carbocycles. The van der Waals surface area contributed by atoms with Crippen LogP contribution < -0.4 is 0 Å². The zero-order chi connectivity index (χ0) is 83.0. The number of aryl methyl sites for hydroxylation is 12. The Labute approximate surface area is 606 Å². The van der Waals surface area contributed by atoms with Crippen molar-refractivity contribution >= 4 is 34.1 Å². The highest BCUT2D eigenvalue weighted by Crippen LogP contribution is 2.33. The monoisotopic (exact) mass is 1530 g/mol. The predicted molar refractivity (Wildman–Crippen MR) is 371 cm³/mol. The molecule has 108 heavy (non-hydrogen) atoms. The number of para-hydroxylation sites is 1. The van der Waals surface area contributed by atoms with E-state index < -0.39 is 117 Å². The third kappa shape index (κ3) is 33.9. The highest BCUT2D eigenvalue weighted by atomic mass is 19.4. The van der Waals surface area contributed by atoms with Crippen LogP contribution in [0.5, 0.6) is 0 Å². The molecule has 0 amide bonds. The minimum atomic E-state index is -4.60. The van der Waals surface area contributed by atoms with Gasteiger partial charge in [-0.1, -0.05) is 48.0 Å². The Bertz CT molecular complexity index is 4560. The van der Waals surface area contributed by atoms with Gasteiger partial charge in [-0.2, -0.15) is 39.5 Å². The van der Waals surface area contributed by atoms with Crippen LogP contribution in [-0.2, 0) is 12.4 Å². The summed E-state index contributed by atoms with van der Waals surface area (Å²) in [5, 5.41) is 60.9. The number of alkyl halides is 6. The van der Waals surface area contributed by atoms with Crippen LogP contribution >= 0.6 is 0 Å². The molecule has 0 heterocycles. The second-order valence-electron chi connectivity index (χ2n) is 22.6. The normalized spacial score (nSPS) is 10.1. The molecule has 10 rings (SSSR count). The quantitative estimate of drug-likeness (QED) is 0.0855. The number of nitro benzene ring substituents is 6. The molecule has 0 saturated carbocycles. The first kappa shape index (κ1) is 93.5. The lowest BCUT2D eigenvalue weighted by Gasteiger charge is -2.07. The largest absolute Gasteiger partial charge is 0.419 e. The van der Waals surface area contributed by atoms with Gasteiger partial charge in [0.25, 0.3) is 17.1 Å². The molecule has 576 valence electrons. The maximum absolute atomic E-state index is 12.7. The lowest BCUT2D eigenvalue weighted by molar-refractivity contribution is -0.388. The molecule has 18 nitrogen and oxygen atoms in total. The van der Waals surface area contributed by atoms with Crippen molar-refractivity contribution in [2.24, 2.45) is 0 Å². The maximum Gasteiger partial charge on any atom is 0.419 e. The summed E-state index contributed by atoms with van der Waals surface area (Å²) < 4.78 is 197. The van der Waals surface area contributed by atoms with Gasteiger partial charge in [-0.3, -0.25) is 60.7 Å². The van der Waals surface area contributed by atoms with Crippen molar-refractivity contribution in [3.8, 4) is 0 Å². The summed E-state index contributed by atoms with van der Waals surface area (Å²) in [6.45, 7) is 20.1. The summed E-state index contributed by atoms with van der Waals surface area (Å²) in [5.74, 6) is -6.30. The van der Waals surface area contributed by atoms with E-state index in [1.54, 1.807) is 39.8 Å². The van der Waals surface area contributed by atoms with Gasteiger partial charge in [-0.05, 0) is 230 Å². The fraction of sp³-hybridized carbons (Fsp3) is 0.189. The predicted octanol–water partition coefficient (Wildman–Crippen LogP) is 23.4.